The number of carbonyl (C=O) groups is 1. The van der Waals surface area contributed by atoms with Gasteiger partial charge >= 0.3 is 0 Å². The van der Waals surface area contributed by atoms with Crippen molar-refractivity contribution in [1.29, 1.82) is 0 Å². The third kappa shape index (κ3) is 3.56. The lowest BCUT2D eigenvalue weighted by Crippen LogP contribution is -2.11. The van der Waals surface area contributed by atoms with Crippen molar-refractivity contribution in [3.8, 4) is 11.1 Å². The second-order valence-corrected chi connectivity index (χ2v) is 7.97. The van der Waals surface area contributed by atoms with Crippen LogP contribution in [0.1, 0.15) is 21.5 Å². The highest BCUT2D eigenvalue weighted by molar-refractivity contribution is 6.13. The van der Waals surface area contributed by atoms with Gasteiger partial charge in [0.2, 0.25) is 0 Å². The lowest BCUT2D eigenvalue weighted by Gasteiger charge is -2.11. The van der Waals surface area contributed by atoms with Gasteiger partial charge in [0.05, 0.1) is 11.1 Å². The highest BCUT2D eigenvalue weighted by Crippen LogP contribution is 2.29. The first kappa shape index (κ1) is 19.8. The Hall–Kier alpha value is -4.19. The van der Waals surface area contributed by atoms with Crippen LogP contribution in [0.25, 0.3) is 32.9 Å². The number of benzene rings is 2. The largest absolute Gasteiger partial charge is 0.373 e. The van der Waals surface area contributed by atoms with Crippen molar-refractivity contribution in [2.24, 2.45) is 0 Å². The zero-order valence-electron chi connectivity index (χ0n) is 18.2. The van der Waals surface area contributed by atoms with E-state index in [9.17, 15) is 4.79 Å². The molecule has 158 valence electrons. The summed E-state index contributed by atoms with van der Waals surface area (Å²) in [5.41, 5.74) is 7.41. The number of rotatable bonds is 4. The zero-order valence-corrected chi connectivity index (χ0v) is 18.2. The molecule has 0 atom stereocenters. The number of fused-ring (bicyclic) bond motifs is 2. The number of aryl methyl sites for hydroxylation is 2. The maximum atomic E-state index is 13.0. The highest BCUT2D eigenvalue weighted by Gasteiger charge is 2.14. The van der Waals surface area contributed by atoms with Crippen LogP contribution in [0.4, 0.5) is 11.5 Å². The van der Waals surface area contributed by atoms with Gasteiger partial charge < -0.3 is 15.6 Å². The molecule has 2 aromatic carbocycles. The Labute approximate surface area is 185 Å². The van der Waals surface area contributed by atoms with Gasteiger partial charge in [-0.3, -0.25) is 9.78 Å². The summed E-state index contributed by atoms with van der Waals surface area (Å²) in [4.78, 5) is 25.2. The van der Waals surface area contributed by atoms with E-state index in [0.29, 0.717) is 5.56 Å². The lowest BCUT2D eigenvalue weighted by atomic mass is 10.00. The van der Waals surface area contributed by atoms with Crippen LogP contribution in [-0.4, -0.2) is 27.9 Å². The first-order chi connectivity index (χ1) is 15.5. The van der Waals surface area contributed by atoms with Gasteiger partial charge in [-0.1, -0.05) is 17.7 Å². The first-order valence-electron chi connectivity index (χ1n) is 10.5. The van der Waals surface area contributed by atoms with E-state index in [1.54, 1.807) is 6.20 Å². The van der Waals surface area contributed by atoms with Gasteiger partial charge in [0.25, 0.3) is 5.91 Å². The van der Waals surface area contributed by atoms with E-state index in [1.807, 2.05) is 68.8 Å². The standard InChI is InChI=1S/C26H23N5O/c1-15-4-7-23-21(8-15)22(14-29-23)26(32)31-19-6-5-16(2)20(10-19)17-9-18-13-30-25(27-3)11-24(18)28-12-17/h4-14,29H,1-3H3,(H,27,30)(H,31,32). The number of hydrogen-bond donors (Lipinski definition) is 3. The zero-order chi connectivity index (χ0) is 22.2. The van der Waals surface area contributed by atoms with Crippen LogP contribution in [0.3, 0.4) is 0 Å². The summed E-state index contributed by atoms with van der Waals surface area (Å²) in [6.45, 7) is 4.07. The number of H-pyrrole nitrogens is 1. The Morgan fingerprint density at radius 2 is 1.84 bits per heavy atom. The van der Waals surface area contributed by atoms with Gasteiger partial charge in [-0.05, 0) is 55.3 Å². The molecular formula is C26H23N5O. The number of hydrogen-bond acceptors (Lipinski definition) is 4. The molecular weight excluding hydrogens is 398 g/mol. The molecule has 0 fully saturated rings. The van der Waals surface area contributed by atoms with E-state index in [1.165, 1.54) is 0 Å². The van der Waals surface area contributed by atoms with E-state index >= 15 is 0 Å². The van der Waals surface area contributed by atoms with Crippen LogP contribution in [0, 0.1) is 13.8 Å². The third-order valence-corrected chi connectivity index (χ3v) is 5.71. The smallest absolute Gasteiger partial charge is 0.257 e. The number of nitrogens with zero attached hydrogens (tertiary/aromatic N) is 2. The predicted octanol–water partition coefficient (Wildman–Crippen LogP) is 5.69. The molecule has 5 aromatic rings. The molecule has 0 saturated carbocycles. The van der Waals surface area contributed by atoms with E-state index in [4.69, 9.17) is 0 Å². The van der Waals surface area contributed by atoms with Gasteiger partial charge in [0.15, 0.2) is 0 Å². The average Bonchev–Trinajstić information content (AvgIpc) is 3.22. The van der Waals surface area contributed by atoms with Crippen molar-refractivity contribution in [3.05, 3.63) is 83.8 Å². The normalized spacial score (nSPS) is 11.1. The summed E-state index contributed by atoms with van der Waals surface area (Å²) in [6, 6.07) is 16.0. The molecule has 0 bridgehead atoms. The summed E-state index contributed by atoms with van der Waals surface area (Å²) < 4.78 is 0. The fourth-order valence-corrected chi connectivity index (χ4v) is 3.94. The molecule has 3 heterocycles. The minimum atomic E-state index is -0.142. The van der Waals surface area contributed by atoms with Gasteiger partial charge in [-0.2, -0.15) is 0 Å². The maximum Gasteiger partial charge on any atom is 0.257 e. The lowest BCUT2D eigenvalue weighted by molar-refractivity contribution is 0.102. The van der Waals surface area contributed by atoms with E-state index < -0.39 is 0 Å². The molecule has 6 nitrogen and oxygen atoms in total. The van der Waals surface area contributed by atoms with Crippen molar-refractivity contribution >= 4 is 39.2 Å². The highest BCUT2D eigenvalue weighted by atomic mass is 16.1. The van der Waals surface area contributed by atoms with Crippen LogP contribution >= 0.6 is 0 Å². The van der Waals surface area contributed by atoms with Crippen LogP contribution in [-0.2, 0) is 0 Å². The fraction of sp³-hybridized carbons (Fsp3) is 0.115. The van der Waals surface area contributed by atoms with Crippen LogP contribution in [0.15, 0.2) is 67.1 Å². The topological polar surface area (TPSA) is 82.7 Å². The van der Waals surface area contributed by atoms with Gasteiger partial charge in [-0.15, -0.1) is 0 Å². The van der Waals surface area contributed by atoms with Crippen molar-refractivity contribution in [3.63, 3.8) is 0 Å². The molecule has 3 aromatic heterocycles. The molecule has 0 saturated heterocycles. The number of carbonyl (C=O) groups excluding carboxylic acids is 1. The van der Waals surface area contributed by atoms with Crippen molar-refractivity contribution in [2.75, 3.05) is 17.7 Å². The second-order valence-electron chi connectivity index (χ2n) is 7.97. The van der Waals surface area contributed by atoms with Crippen LogP contribution in [0.2, 0.25) is 0 Å². The molecule has 1 amide bonds. The minimum absolute atomic E-state index is 0.142. The van der Waals surface area contributed by atoms with E-state index in [0.717, 1.165) is 55.6 Å². The van der Waals surface area contributed by atoms with Gasteiger partial charge in [0.1, 0.15) is 5.82 Å². The van der Waals surface area contributed by atoms with Crippen molar-refractivity contribution in [2.45, 2.75) is 13.8 Å². The summed E-state index contributed by atoms with van der Waals surface area (Å²) >= 11 is 0. The van der Waals surface area contributed by atoms with E-state index in [2.05, 4.69) is 38.6 Å². The molecule has 0 unspecified atom stereocenters. The summed E-state index contributed by atoms with van der Waals surface area (Å²) in [5.74, 6) is 0.642. The second kappa shape index (κ2) is 7.81. The Morgan fingerprint density at radius 3 is 2.69 bits per heavy atom. The SMILES string of the molecule is CNc1cc2ncc(-c3cc(NC(=O)c4c[nH]c5ccc(C)cc45)ccc3C)cc2cn1. The minimum Gasteiger partial charge on any atom is -0.373 e. The average molecular weight is 422 g/mol. The number of aromatic amines is 1. The quantitative estimate of drug-likeness (QED) is 0.348. The molecule has 5 rings (SSSR count). The van der Waals surface area contributed by atoms with Crippen LogP contribution in [0.5, 0.6) is 0 Å². The number of amides is 1. The molecule has 0 aliphatic heterocycles. The molecule has 0 radical (unpaired) electrons. The number of nitrogens with one attached hydrogen (secondary N) is 3. The van der Waals surface area contributed by atoms with Crippen molar-refractivity contribution in [1.82, 2.24) is 15.0 Å². The van der Waals surface area contributed by atoms with Gasteiger partial charge in [0, 0.05) is 59.2 Å². The number of anilines is 2. The summed E-state index contributed by atoms with van der Waals surface area (Å²) in [7, 11) is 1.84. The first-order valence-corrected chi connectivity index (χ1v) is 10.5. The Morgan fingerprint density at radius 1 is 0.969 bits per heavy atom. The Balaban J connectivity index is 1.48. The monoisotopic (exact) mass is 421 g/mol. The maximum absolute atomic E-state index is 13.0. The van der Waals surface area contributed by atoms with Crippen molar-refractivity contribution < 1.29 is 4.79 Å². The van der Waals surface area contributed by atoms with Gasteiger partial charge in [-0.25, -0.2) is 4.98 Å². The molecule has 32 heavy (non-hydrogen) atoms. The molecule has 6 heteroatoms. The third-order valence-electron chi connectivity index (χ3n) is 5.71. The number of pyridine rings is 2. The summed E-state index contributed by atoms with van der Waals surface area (Å²) in [5, 5.41) is 7.96. The Bertz CT molecular complexity index is 1480. The summed E-state index contributed by atoms with van der Waals surface area (Å²) in [6.07, 6.45) is 5.43. The number of aromatic nitrogens is 3. The molecule has 0 aliphatic rings. The van der Waals surface area contributed by atoms with Crippen LogP contribution < -0.4 is 10.6 Å². The van der Waals surface area contributed by atoms with E-state index in [-0.39, 0.29) is 5.91 Å². The fourth-order valence-electron chi connectivity index (χ4n) is 3.94. The molecule has 3 N–H and O–H groups in total. The predicted molar refractivity (Wildman–Crippen MR) is 130 cm³/mol. The Kier molecular flexibility index (Phi) is 4.82. The molecule has 0 aliphatic carbocycles. The molecule has 0 spiro atoms.